The number of piperidine rings is 1. The predicted octanol–water partition coefficient (Wildman–Crippen LogP) is 2.74. The van der Waals surface area contributed by atoms with Gasteiger partial charge < -0.3 is 10.2 Å². The third-order valence-corrected chi connectivity index (χ3v) is 3.32. The van der Waals surface area contributed by atoms with E-state index >= 15 is 0 Å². The zero-order valence-electron chi connectivity index (χ0n) is 11.1. The molecule has 104 valence electrons. The average molecular weight is 273 g/mol. The monoisotopic (exact) mass is 273 g/mol. The first-order chi connectivity index (χ1) is 9.83. The van der Waals surface area contributed by atoms with Gasteiger partial charge in [-0.15, -0.1) is 5.10 Å². The second-order valence-corrected chi connectivity index (χ2v) is 4.79. The molecule has 1 N–H and O–H groups in total. The lowest BCUT2D eigenvalue weighted by Gasteiger charge is -2.26. The summed E-state index contributed by atoms with van der Waals surface area (Å²) >= 11 is 0. The van der Waals surface area contributed by atoms with Crippen LogP contribution in [0.4, 0.5) is 21.8 Å². The van der Waals surface area contributed by atoms with Crippen LogP contribution in [0.25, 0.3) is 0 Å². The van der Waals surface area contributed by atoms with Gasteiger partial charge in [-0.1, -0.05) is 12.1 Å². The van der Waals surface area contributed by atoms with Crippen LogP contribution in [-0.4, -0.2) is 28.3 Å². The first-order valence-corrected chi connectivity index (χ1v) is 6.79. The van der Waals surface area contributed by atoms with Crippen LogP contribution in [-0.2, 0) is 0 Å². The molecule has 0 radical (unpaired) electrons. The molecule has 5 nitrogen and oxygen atoms in total. The van der Waals surface area contributed by atoms with E-state index in [0.717, 1.165) is 25.9 Å². The summed E-state index contributed by atoms with van der Waals surface area (Å²) in [5.74, 6) is 0.794. The highest BCUT2D eigenvalue weighted by Gasteiger charge is 2.14. The maximum Gasteiger partial charge on any atom is 0.247 e. The lowest BCUT2D eigenvalue weighted by molar-refractivity contribution is 0.565. The minimum atomic E-state index is -0.314. The van der Waals surface area contributed by atoms with E-state index in [1.54, 1.807) is 18.2 Å². The molecule has 0 aliphatic carbocycles. The quantitative estimate of drug-likeness (QED) is 0.932. The summed E-state index contributed by atoms with van der Waals surface area (Å²) in [6, 6.07) is 6.49. The van der Waals surface area contributed by atoms with Gasteiger partial charge >= 0.3 is 0 Å². The van der Waals surface area contributed by atoms with E-state index in [9.17, 15) is 4.39 Å². The maximum absolute atomic E-state index is 13.6. The highest BCUT2D eigenvalue weighted by atomic mass is 19.1. The van der Waals surface area contributed by atoms with Crippen molar-refractivity contribution < 1.29 is 4.39 Å². The lowest BCUT2D eigenvalue weighted by atomic mass is 10.1. The highest BCUT2D eigenvalue weighted by molar-refractivity contribution is 5.56. The van der Waals surface area contributed by atoms with Crippen LogP contribution in [0.5, 0.6) is 0 Å². The summed E-state index contributed by atoms with van der Waals surface area (Å²) in [4.78, 5) is 6.52. The van der Waals surface area contributed by atoms with Crippen molar-refractivity contribution in [2.24, 2.45) is 0 Å². The first-order valence-electron chi connectivity index (χ1n) is 6.79. The van der Waals surface area contributed by atoms with Gasteiger partial charge in [0.1, 0.15) is 5.82 Å². The molecular weight excluding hydrogens is 257 g/mol. The molecule has 1 aliphatic rings. The molecule has 0 unspecified atom stereocenters. The Bertz CT molecular complexity index is 583. The topological polar surface area (TPSA) is 53.9 Å². The number of anilines is 3. The summed E-state index contributed by atoms with van der Waals surface area (Å²) in [5, 5.41) is 10.9. The Morgan fingerprint density at radius 3 is 2.70 bits per heavy atom. The molecule has 1 saturated heterocycles. The van der Waals surface area contributed by atoms with Crippen molar-refractivity contribution in [1.29, 1.82) is 0 Å². The van der Waals surface area contributed by atoms with Gasteiger partial charge in [-0.25, -0.2) is 4.39 Å². The molecule has 0 spiro atoms. The molecule has 0 bridgehead atoms. The van der Waals surface area contributed by atoms with E-state index in [2.05, 4.69) is 25.4 Å². The first kappa shape index (κ1) is 12.8. The van der Waals surface area contributed by atoms with Crippen LogP contribution < -0.4 is 10.2 Å². The number of aromatic nitrogens is 3. The lowest BCUT2D eigenvalue weighted by Crippen LogP contribution is -2.31. The molecule has 0 saturated carbocycles. The normalized spacial score (nSPS) is 15.2. The minimum absolute atomic E-state index is 0.314. The second-order valence-electron chi connectivity index (χ2n) is 4.79. The zero-order chi connectivity index (χ0) is 13.8. The second kappa shape index (κ2) is 5.81. The number of halogens is 1. The predicted molar refractivity (Wildman–Crippen MR) is 75.6 cm³/mol. The summed E-state index contributed by atoms with van der Waals surface area (Å²) in [5.41, 5.74) is 0.387. The van der Waals surface area contributed by atoms with Gasteiger partial charge in [-0.05, 0) is 31.4 Å². The molecule has 1 fully saturated rings. The van der Waals surface area contributed by atoms with Crippen LogP contribution in [0, 0.1) is 5.82 Å². The van der Waals surface area contributed by atoms with Crippen molar-refractivity contribution in [3.63, 3.8) is 0 Å². The molecule has 2 aromatic rings. The number of hydrogen-bond donors (Lipinski definition) is 1. The molecule has 1 aromatic heterocycles. The van der Waals surface area contributed by atoms with Crippen molar-refractivity contribution in [2.45, 2.75) is 19.3 Å². The average Bonchev–Trinajstić information content (AvgIpc) is 2.51. The molecular formula is C14H16FN5. The fourth-order valence-electron chi connectivity index (χ4n) is 2.28. The van der Waals surface area contributed by atoms with Crippen LogP contribution in [0.15, 0.2) is 30.5 Å². The van der Waals surface area contributed by atoms with Crippen molar-refractivity contribution in [2.75, 3.05) is 23.3 Å². The number of nitrogens with zero attached hydrogens (tertiary/aromatic N) is 4. The van der Waals surface area contributed by atoms with Crippen LogP contribution in [0.1, 0.15) is 19.3 Å². The molecule has 0 atom stereocenters. The molecule has 3 rings (SSSR count). The van der Waals surface area contributed by atoms with E-state index in [-0.39, 0.29) is 5.82 Å². The minimum Gasteiger partial charge on any atom is -0.339 e. The molecule has 0 amide bonds. The molecule has 1 aromatic carbocycles. The van der Waals surface area contributed by atoms with Crippen LogP contribution in [0.3, 0.4) is 0 Å². The third kappa shape index (κ3) is 2.84. The van der Waals surface area contributed by atoms with E-state index in [1.165, 1.54) is 18.7 Å². The van der Waals surface area contributed by atoms with E-state index in [0.29, 0.717) is 17.5 Å². The van der Waals surface area contributed by atoms with E-state index in [1.807, 2.05) is 0 Å². The molecule has 1 aliphatic heterocycles. The fourth-order valence-corrected chi connectivity index (χ4v) is 2.28. The molecule has 20 heavy (non-hydrogen) atoms. The van der Waals surface area contributed by atoms with Gasteiger partial charge in [-0.2, -0.15) is 10.1 Å². The third-order valence-electron chi connectivity index (χ3n) is 3.32. The number of rotatable bonds is 3. The SMILES string of the molecule is Fc1ccccc1Nc1cnnc(N2CCCCC2)n1. The van der Waals surface area contributed by atoms with Crippen LogP contribution in [0.2, 0.25) is 0 Å². The Balaban J connectivity index is 1.79. The van der Waals surface area contributed by atoms with E-state index < -0.39 is 0 Å². The van der Waals surface area contributed by atoms with Crippen molar-refractivity contribution >= 4 is 17.5 Å². The Kier molecular flexibility index (Phi) is 3.71. The van der Waals surface area contributed by atoms with Crippen LogP contribution >= 0.6 is 0 Å². The van der Waals surface area contributed by atoms with Gasteiger partial charge in [0.05, 0.1) is 11.9 Å². The van der Waals surface area contributed by atoms with Gasteiger partial charge in [0, 0.05) is 13.1 Å². The Morgan fingerprint density at radius 2 is 1.90 bits per heavy atom. The van der Waals surface area contributed by atoms with Crippen molar-refractivity contribution in [3.05, 3.63) is 36.3 Å². The number of para-hydroxylation sites is 1. The van der Waals surface area contributed by atoms with E-state index in [4.69, 9.17) is 0 Å². The summed E-state index contributed by atoms with van der Waals surface area (Å²) < 4.78 is 13.6. The number of hydrogen-bond acceptors (Lipinski definition) is 5. The van der Waals surface area contributed by atoms with Gasteiger partial charge in [0.15, 0.2) is 5.82 Å². The number of benzene rings is 1. The maximum atomic E-state index is 13.6. The highest BCUT2D eigenvalue weighted by Crippen LogP contribution is 2.20. The number of nitrogens with one attached hydrogen (secondary N) is 1. The Labute approximate surface area is 116 Å². The van der Waals surface area contributed by atoms with Gasteiger partial charge in [0.2, 0.25) is 5.95 Å². The zero-order valence-corrected chi connectivity index (χ0v) is 11.1. The summed E-state index contributed by atoms with van der Waals surface area (Å²) in [6.07, 6.45) is 5.04. The molecule has 6 heteroatoms. The smallest absolute Gasteiger partial charge is 0.247 e. The summed E-state index contributed by atoms with van der Waals surface area (Å²) in [6.45, 7) is 1.90. The Morgan fingerprint density at radius 1 is 1.10 bits per heavy atom. The van der Waals surface area contributed by atoms with Gasteiger partial charge in [0.25, 0.3) is 0 Å². The van der Waals surface area contributed by atoms with Crippen molar-refractivity contribution in [1.82, 2.24) is 15.2 Å². The van der Waals surface area contributed by atoms with Gasteiger partial charge in [-0.3, -0.25) is 0 Å². The summed E-state index contributed by atoms with van der Waals surface area (Å²) in [7, 11) is 0. The standard InChI is InChI=1S/C14H16FN5/c15-11-6-2-3-7-12(11)17-13-10-16-19-14(18-13)20-8-4-1-5-9-20/h2-3,6-7,10H,1,4-5,8-9H2,(H,17,18,19). The Hall–Kier alpha value is -2.24. The fraction of sp³-hybridized carbons (Fsp3) is 0.357. The largest absolute Gasteiger partial charge is 0.339 e. The van der Waals surface area contributed by atoms with Crippen molar-refractivity contribution in [3.8, 4) is 0 Å². The molecule has 2 heterocycles.